The zero-order valence-corrected chi connectivity index (χ0v) is 10.2. The van der Waals surface area contributed by atoms with Gasteiger partial charge in [-0.3, -0.25) is 4.79 Å². The van der Waals surface area contributed by atoms with E-state index in [1.807, 2.05) is 29.6 Å². The first-order valence-electron chi connectivity index (χ1n) is 5.06. The summed E-state index contributed by atoms with van der Waals surface area (Å²) in [5, 5.41) is 2.46. The third-order valence-corrected chi connectivity index (χ3v) is 3.02. The number of nitrogen functional groups attached to an aromatic ring is 1. The molecule has 0 unspecified atom stereocenters. The molecule has 1 heterocycles. The molecule has 5 heteroatoms. The predicted octanol–water partition coefficient (Wildman–Crippen LogP) is 2.11. The Morgan fingerprint density at radius 3 is 2.65 bits per heavy atom. The molecule has 88 valence electrons. The highest BCUT2D eigenvalue weighted by Crippen LogP contribution is 2.23. The first-order chi connectivity index (χ1) is 8.19. The van der Waals surface area contributed by atoms with E-state index in [4.69, 9.17) is 5.73 Å². The summed E-state index contributed by atoms with van der Waals surface area (Å²) in [6.07, 6.45) is 0.288. The Balaban J connectivity index is 2.15. The van der Waals surface area contributed by atoms with Crippen LogP contribution in [0.3, 0.4) is 0 Å². The van der Waals surface area contributed by atoms with Crippen molar-refractivity contribution in [1.29, 1.82) is 0 Å². The molecule has 0 amide bonds. The summed E-state index contributed by atoms with van der Waals surface area (Å²) in [7, 11) is 1.38. The summed E-state index contributed by atoms with van der Waals surface area (Å²) in [4.78, 5) is 15.3. The van der Waals surface area contributed by atoms with Gasteiger partial charge >= 0.3 is 5.97 Å². The Kier molecular flexibility index (Phi) is 3.39. The molecule has 0 aliphatic rings. The van der Waals surface area contributed by atoms with Gasteiger partial charge in [-0.1, -0.05) is 24.3 Å². The molecule has 0 saturated heterocycles. The van der Waals surface area contributed by atoms with Crippen molar-refractivity contribution in [3.05, 3.63) is 35.2 Å². The van der Waals surface area contributed by atoms with Crippen LogP contribution in [0.25, 0.3) is 11.3 Å². The molecule has 17 heavy (non-hydrogen) atoms. The number of nitrogens with two attached hydrogens (primary N) is 1. The maximum absolute atomic E-state index is 11.1. The second-order valence-corrected chi connectivity index (χ2v) is 4.41. The fourth-order valence-corrected chi connectivity index (χ4v) is 2.02. The molecule has 1 aromatic carbocycles. The Morgan fingerprint density at radius 1 is 1.41 bits per heavy atom. The summed E-state index contributed by atoms with van der Waals surface area (Å²) in [6.45, 7) is 0. The van der Waals surface area contributed by atoms with Crippen LogP contribution in [0, 0.1) is 0 Å². The fourth-order valence-electron chi connectivity index (χ4n) is 1.45. The summed E-state index contributed by atoms with van der Waals surface area (Å²) < 4.78 is 4.61. The molecule has 0 atom stereocenters. The van der Waals surface area contributed by atoms with E-state index in [0.29, 0.717) is 5.13 Å². The van der Waals surface area contributed by atoms with Crippen molar-refractivity contribution in [3.8, 4) is 11.3 Å². The SMILES string of the molecule is COC(=O)Cc1ccc(-c2csc(N)n2)cc1. The molecule has 0 fully saturated rings. The van der Waals surface area contributed by atoms with Gasteiger partial charge in [-0.15, -0.1) is 11.3 Å². The number of anilines is 1. The fraction of sp³-hybridized carbons (Fsp3) is 0.167. The molecule has 0 saturated carbocycles. The van der Waals surface area contributed by atoms with E-state index in [9.17, 15) is 4.79 Å². The molecule has 0 bridgehead atoms. The van der Waals surface area contributed by atoms with E-state index in [1.54, 1.807) is 0 Å². The number of hydrogen-bond donors (Lipinski definition) is 1. The quantitative estimate of drug-likeness (QED) is 0.845. The zero-order valence-electron chi connectivity index (χ0n) is 9.34. The molecule has 0 radical (unpaired) electrons. The van der Waals surface area contributed by atoms with Gasteiger partial charge in [-0.2, -0.15) is 0 Å². The van der Waals surface area contributed by atoms with Gasteiger partial charge in [0, 0.05) is 10.9 Å². The Bertz CT molecular complexity index is 520. The van der Waals surface area contributed by atoms with Crippen LogP contribution in [0.4, 0.5) is 5.13 Å². The van der Waals surface area contributed by atoms with Gasteiger partial charge < -0.3 is 10.5 Å². The topological polar surface area (TPSA) is 65.2 Å². The number of ether oxygens (including phenoxy) is 1. The lowest BCUT2D eigenvalue weighted by molar-refractivity contribution is -0.139. The maximum Gasteiger partial charge on any atom is 0.309 e. The second-order valence-electron chi connectivity index (χ2n) is 3.52. The van der Waals surface area contributed by atoms with Crippen molar-refractivity contribution in [3.63, 3.8) is 0 Å². The summed E-state index contributed by atoms with van der Waals surface area (Å²) in [5.41, 5.74) is 8.35. The van der Waals surface area contributed by atoms with Crippen LogP contribution in [0.5, 0.6) is 0 Å². The van der Waals surface area contributed by atoms with Crippen molar-refractivity contribution in [2.24, 2.45) is 0 Å². The molecule has 1 aromatic heterocycles. The highest BCUT2D eigenvalue weighted by molar-refractivity contribution is 7.13. The lowest BCUT2D eigenvalue weighted by Gasteiger charge is -2.01. The molecular weight excluding hydrogens is 236 g/mol. The van der Waals surface area contributed by atoms with Crippen molar-refractivity contribution in [2.45, 2.75) is 6.42 Å². The van der Waals surface area contributed by atoms with Crippen LogP contribution >= 0.6 is 11.3 Å². The van der Waals surface area contributed by atoms with Gasteiger partial charge in [0.15, 0.2) is 5.13 Å². The van der Waals surface area contributed by atoms with Gasteiger partial charge in [-0.05, 0) is 5.56 Å². The van der Waals surface area contributed by atoms with Crippen LogP contribution in [0.15, 0.2) is 29.6 Å². The first-order valence-corrected chi connectivity index (χ1v) is 5.94. The van der Waals surface area contributed by atoms with Crippen molar-refractivity contribution in [1.82, 2.24) is 4.98 Å². The van der Waals surface area contributed by atoms with Gasteiger partial charge in [0.1, 0.15) is 0 Å². The monoisotopic (exact) mass is 248 g/mol. The third kappa shape index (κ3) is 2.82. The van der Waals surface area contributed by atoms with E-state index >= 15 is 0 Å². The minimum Gasteiger partial charge on any atom is -0.469 e. The van der Waals surface area contributed by atoms with Crippen molar-refractivity contribution in [2.75, 3.05) is 12.8 Å². The van der Waals surface area contributed by atoms with Crippen LogP contribution in [0.2, 0.25) is 0 Å². The van der Waals surface area contributed by atoms with Gasteiger partial charge in [0.25, 0.3) is 0 Å². The molecule has 0 aliphatic carbocycles. The van der Waals surface area contributed by atoms with E-state index in [1.165, 1.54) is 18.4 Å². The average molecular weight is 248 g/mol. The van der Waals surface area contributed by atoms with Crippen molar-refractivity contribution >= 4 is 22.4 Å². The number of nitrogens with zero attached hydrogens (tertiary/aromatic N) is 1. The molecule has 4 nitrogen and oxygen atoms in total. The Morgan fingerprint density at radius 2 is 2.12 bits per heavy atom. The predicted molar refractivity (Wildman–Crippen MR) is 67.7 cm³/mol. The third-order valence-electron chi connectivity index (χ3n) is 2.35. The number of thiazole rings is 1. The molecule has 2 aromatic rings. The van der Waals surface area contributed by atoms with Crippen LogP contribution < -0.4 is 5.73 Å². The number of methoxy groups -OCH3 is 1. The standard InChI is InChI=1S/C12H12N2O2S/c1-16-11(15)6-8-2-4-9(5-3-8)10-7-17-12(13)14-10/h2-5,7H,6H2,1H3,(H2,13,14). The number of carbonyl (C=O) groups is 1. The van der Waals surface area contributed by atoms with E-state index in [-0.39, 0.29) is 12.4 Å². The van der Waals surface area contributed by atoms with Crippen molar-refractivity contribution < 1.29 is 9.53 Å². The highest BCUT2D eigenvalue weighted by atomic mass is 32.1. The number of esters is 1. The number of benzene rings is 1. The number of aromatic nitrogens is 1. The normalized spacial score (nSPS) is 10.2. The lowest BCUT2D eigenvalue weighted by Crippen LogP contribution is -2.04. The average Bonchev–Trinajstić information content (AvgIpc) is 2.77. The van der Waals surface area contributed by atoms with E-state index in [2.05, 4.69) is 9.72 Å². The highest BCUT2D eigenvalue weighted by Gasteiger charge is 2.05. The molecule has 0 aliphatic heterocycles. The minimum absolute atomic E-state index is 0.240. The Hall–Kier alpha value is -1.88. The number of carbonyl (C=O) groups excluding carboxylic acids is 1. The van der Waals surface area contributed by atoms with Gasteiger partial charge in [0.05, 0.1) is 19.2 Å². The summed E-state index contributed by atoms with van der Waals surface area (Å²) in [5.74, 6) is -0.240. The maximum atomic E-state index is 11.1. The van der Waals surface area contributed by atoms with Crippen LogP contribution in [-0.4, -0.2) is 18.1 Å². The summed E-state index contributed by atoms with van der Waals surface area (Å²) in [6, 6.07) is 7.63. The smallest absolute Gasteiger partial charge is 0.309 e. The zero-order chi connectivity index (χ0) is 12.3. The van der Waals surface area contributed by atoms with E-state index in [0.717, 1.165) is 16.8 Å². The largest absolute Gasteiger partial charge is 0.469 e. The molecule has 0 spiro atoms. The molecular formula is C12H12N2O2S. The number of hydrogen-bond acceptors (Lipinski definition) is 5. The minimum atomic E-state index is -0.240. The second kappa shape index (κ2) is 4.97. The summed E-state index contributed by atoms with van der Waals surface area (Å²) >= 11 is 1.41. The van der Waals surface area contributed by atoms with Gasteiger partial charge in [-0.25, -0.2) is 4.98 Å². The van der Waals surface area contributed by atoms with Gasteiger partial charge in [0.2, 0.25) is 0 Å². The first kappa shape index (κ1) is 11.6. The molecule has 2 N–H and O–H groups in total. The Labute approximate surface area is 103 Å². The number of rotatable bonds is 3. The lowest BCUT2D eigenvalue weighted by atomic mass is 10.1. The van der Waals surface area contributed by atoms with Crippen LogP contribution in [-0.2, 0) is 16.0 Å². The van der Waals surface area contributed by atoms with Crippen LogP contribution in [0.1, 0.15) is 5.56 Å². The molecule has 2 rings (SSSR count). The van der Waals surface area contributed by atoms with E-state index < -0.39 is 0 Å².